The summed E-state index contributed by atoms with van der Waals surface area (Å²) in [6.45, 7) is 5.99. The van der Waals surface area contributed by atoms with Crippen molar-refractivity contribution in [1.82, 2.24) is 24.5 Å². The number of amides is 4. The standard InChI is InChI=1S/C36H47ClF3N7O4/c1-41-32-28(36(38,39)40)21-24(22-29(32)37)23-31(33(48)45-12-8-26(9-13-45)44-19-17-43(2)18-20-44)51-35(50)46-14-10-27(11-15-46)47-16-7-25-5-3-4-6-30(25)42-34(47)49/h3-6,21-22,26-27,31,41H,7-20,23H2,1-2H3,(H,42,49)/t31-/m1/s1. The second-order valence-electron chi connectivity index (χ2n) is 14.0. The smallest absolute Gasteiger partial charge is 0.418 e. The number of nitrogens with one attached hydrogen (secondary N) is 2. The maximum absolute atomic E-state index is 14.0. The van der Waals surface area contributed by atoms with E-state index in [9.17, 15) is 27.6 Å². The molecule has 4 heterocycles. The number of carbonyl (C=O) groups is 3. The average Bonchev–Trinajstić information content (AvgIpc) is 3.29. The largest absolute Gasteiger partial charge is 0.436 e. The molecule has 6 rings (SSSR count). The predicted octanol–water partition coefficient (Wildman–Crippen LogP) is 5.24. The summed E-state index contributed by atoms with van der Waals surface area (Å²) in [6.07, 6.45) is -3.73. The van der Waals surface area contributed by atoms with Crippen molar-refractivity contribution in [2.24, 2.45) is 0 Å². The van der Waals surface area contributed by atoms with Crippen LogP contribution in [0.3, 0.4) is 0 Å². The molecular weight excluding hydrogens is 687 g/mol. The van der Waals surface area contributed by atoms with E-state index in [2.05, 4.69) is 27.5 Å². The molecule has 0 aliphatic carbocycles. The third-order valence-electron chi connectivity index (χ3n) is 10.8. The molecule has 3 saturated heterocycles. The van der Waals surface area contributed by atoms with Gasteiger partial charge in [-0.05, 0) is 68.5 Å². The maximum Gasteiger partial charge on any atom is 0.418 e. The molecule has 4 aliphatic rings. The van der Waals surface area contributed by atoms with Gasteiger partial charge in [-0.3, -0.25) is 9.69 Å². The highest BCUT2D eigenvalue weighted by molar-refractivity contribution is 6.33. The van der Waals surface area contributed by atoms with E-state index in [4.69, 9.17) is 16.3 Å². The summed E-state index contributed by atoms with van der Waals surface area (Å²) in [5.41, 5.74) is 0.786. The Morgan fingerprint density at radius 1 is 0.941 bits per heavy atom. The molecular formula is C36H47ClF3N7O4. The fourth-order valence-corrected chi connectivity index (χ4v) is 8.12. The van der Waals surface area contributed by atoms with E-state index in [-0.39, 0.29) is 34.8 Å². The van der Waals surface area contributed by atoms with Crippen LogP contribution in [0, 0.1) is 0 Å². The number of carbonyl (C=O) groups excluding carboxylic acids is 3. The topological polar surface area (TPSA) is 101 Å². The Morgan fingerprint density at radius 3 is 2.25 bits per heavy atom. The summed E-state index contributed by atoms with van der Waals surface area (Å²) >= 11 is 6.29. The van der Waals surface area contributed by atoms with Gasteiger partial charge in [0.25, 0.3) is 5.91 Å². The summed E-state index contributed by atoms with van der Waals surface area (Å²) in [5.74, 6) is -0.432. The van der Waals surface area contributed by atoms with Gasteiger partial charge in [0.15, 0.2) is 6.10 Å². The fourth-order valence-electron chi connectivity index (χ4n) is 7.79. The summed E-state index contributed by atoms with van der Waals surface area (Å²) in [4.78, 5) is 50.5. The molecule has 0 aromatic heterocycles. The number of para-hydroxylation sites is 1. The molecule has 2 N–H and O–H groups in total. The number of piperazine rings is 1. The lowest BCUT2D eigenvalue weighted by atomic mass is 9.99. The van der Waals surface area contributed by atoms with Gasteiger partial charge in [0, 0.05) is 90.1 Å². The van der Waals surface area contributed by atoms with Gasteiger partial charge in [-0.1, -0.05) is 29.8 Å². The highest BCUT2D eigenvalue weighted by Gasteiger charge is 2.38. The monoisotopic (exact) mass is 733 g/mol. The number of benzene rings is 2. The number of halogens is 4. The zero-order valence-corrected chi connectivity index (χ0v) is 29.9. The van der Waals surface area contributed by atoms with Crippen LogP contribution in [-0.4, -0.2) is 134 Å². The first-order chi connectivity index (χ1) is 24.4. The van der Waals surface area contributed by atoms with Crippen molar-refractivity contribution >= 4 is 41.0 Å². The van der Waals surface area contributed by atoms with Gasteiger partial charge in [-0.15, -0.1) is 0 Å². The van der Waals surface area contributed by atoms with Crippen molar-refractivity contribution < 1.29 is 32.3 Å². The van der Waals surface area contributed by atoms with Crippen LogP contribution in [0.15, 0.2) is 36.4 Å². The van der Waals surface area contributed by atoms with E-state index in [1.165, 1.54) is 18.0 Å². The Hall–Kier alpha value is -3.75. The second kappa shape index (κ2) is 15.9. The molecule has 0 bridgehead atoms. The Bertz CT molecular complexity index is 1570. The first-order valence-corrected chi connectivity index (χ1v) is 18.2. The number of ether oxygens (including phenoxy) is 1. The number of fused-ring (bicyclic) bond motifs is 1. The van der Waals surface area contributed by atoms with Crippen LogP contribution < -0.4 is 10.6 Å². The number of rotatable bonds is 7. The second-order valence-corrected chi connectivity index (χ2v) is 14.4. The van der Waals surface area contributed by atoms with Crippen LogP contribution in [-0.2, 0) is 28.5 Å². The highest BCUT2D eigenvalue weighted by atomic mass is 35.5. The summed E-state index contributed by atoms with van der Waals surface area (Å²) < 4.78 is 48.0. The molecule has 2 aromatic carbocycles. The lowest BCUT2D eigenvalue weighted by molar-refractivity contribution is -0.142. The third-order valence-corrected chi connectivity index (χ3v) is 11.1. The van der Waals surface area contributed by atoms with Crippen molar-refractivity contribution in [2.45, 2.75) is 62.9 Å². The minimum atomic E-state index is -4.70. The number of urea groups is 1. The van der Waals surface area contributed by atoms with Crippen molar-refractivity contribution in [1.29, 1.82) is 0 Å². The van der Waals surface area contributed by atoms with Crippen LogP contribution in [0.1, 0.15) is 42.4 Å². The first-order valence-electron chi connectivity index (χ1n) is 17.8. The van der Waals surface area contributed by atoms with E-state index in [1.807, 2.05) is 29.2 Å². The number of piperidine rings is 2. The van der Waals surface area contributed by atoms with Gasteiger partial charge in [-0.25, -0.2) is 9.59 Å². The Kier molecular flexibility index (Phi) is 11.5. The molecule has 0 radical (unpaired) electrons. The van der Waals surface area contributed by atoms with Gasteiger partial charge >= 0.3 is 18.3 Å². The van der Waals surface area contributed by atoms with Crippen LogP contribution >= 0.6 is 11.6 Å². The molecule has 2 aromatic rings. The number of hydrogen-bond donors (Lipinski definition) is 2. The summed E-state index contributed by atoms with van der Waals surface area (Å²) in [5, 5.41) is 5.37. The average molecular weight is 734 g/mol. The van der Waals surface area contributed by atoms with Gasteiger partial charge in [0.1, 0.15) is 0 Å². The SMILES string of the molecule is CNc1c(Cl)cc(C[C@@H](OC(=O)N2CCC(N3CCc4ccccc4NC3=O)CC2)C(=O)N2CCC(N3CCN(C)CC3)CC2)cc1C(F)(F)F. The fraction of sp³-hybridized carbons (Fsp3) is 0.583. The number of hydrogen-bond acceptors (Lipinski definition) is 7. The van der Waals surface area contributed by atoms with Crippen LogP contribution in [0.2, 0.25) is 5.02 Å². The number of likely N-dealkylation sites (N-methyl/N-ethyl adjacent to an activating group) is 1. The van der Waals surface area contributed by atoms with Gasteiger partial charge in [0.05, 0.1) is 16.3 Å². The number of likely N-dealkylation sites (tertiary alicyclic amines) is 2. The van der Waals surface area contributed by atoms with Crippen LogP contribution in [0.25, 0.3) is 0 Å². The molecule has 3 fully saturated rings. The van der Waals surface area contributed by atoms with E-state index in [0.29, 0.717) is 58.0 Å². The van der Waals surface area contributed by atoms with Crippen molar-refractivity contribution in [2.75, 3.05) is 83.6 Å². The Balaban J connectivity index is 1.13. The van der Waals surface area contributed by atoms with Crippen molar-refractivity contribution in [3.05, 3.63) is 58.1 Å². The number of anilines is 2. The number of nitrogens with zero attached hydrogens (tertiary/aromatic N) is 5. The first kappa shape index (κ1) is 37.0. The minimum absolute atomic E-state index is 0.0870. The summed E-state index contributed by atoms with van der Waals surface area (Å²) in [7, 11) is 3.46. The molecule has 0 saturated carbocycles. The quantitative estimate of drug-likeness (QED) is 0.402. The molecule has 4 aliphatic heterocycles. The van der Waals surface area contributed by atoms with Crippen molar-refractivity contribution in [3.8, 4) is 0 Å². The number of alkyl halides is 3. The van der Waals surface area contributed by atoms with E-state index < -0.39 is 29.8 Å². The molecule has 0 unspecified atom stereocenters. The lowest BCUT2D eigenvalue weighted by Gasteiger charge is -2.42. The molecule has 15 heteroatoms. The van der Waals surface area contributed by atoms with E-state index >= 15 is 0 Å². The molecule has 278 valence electrons. The van der Waals surface area contributed by atoms with Crippen LogP contribution in [0.4, 0.5) is 34.1 Å². The maximum atomic E-state index is 14.0. The van der Waals surface area contributed by atoms with Gasteiger partial charge in [-0.2, -0.15) is 13.2 Å². The minimum Gasteiger partial charge on any atom is -0.436 e. The molecule has 0 spiro atoms. The lowest BCUT2D eigenvalue weighted by Crippen LogP contribution is -2.54. The predicted molar refractivity (Wildman–Crippen MR) is 189 cm³/mol. The van der Waals surface area contributed by atoms with E-state index in [1.54, 1.807) is 4.90 Å². The summed E-state index contributed by atoms with van der Waals surface area (Å²) in [6, 6.07) is 10.1. The normalized spacial score (nSPS) is 20.7. The van der Waals surface area contributed by atoms with Gasteiger partial charge < -0.3 is 35.0 Å². The van der Waals surface area contributed by atoms with E-state index in [0.717, 1.165) is 56.3 Å². The molecule has 51 heavy (non-hydrogen) atoms. The van der Waals surface area contributed by atoms with Crippen LogP contribution in [0.5, 0.6) is 0 Å². The molecule has 4 amide bonds. The third kappa shape index (κ3) is 8.66. The van der Waals surface area contributed by atoms with Crippen molar-refractivity contribution in [3.63, 3.8) is 0 Å². The zero-order chi connectivity index (χ0) is 36.3. The zero-order valence-electron chi connectivity index (χ0n) is 29.2. The molecule has 1 atom stereocenters. The Labute approximate surface area is 302 Å². The highest BCUT2D eigenvalue weighted by Crippen LogP contribution is 2.40. The Morgan fingerprint density at radius 2 is 1.59 bits per heavy atom. The van der Waals surface area contributed by atoms with Gasteiger partial charge in [0.2, 0.25) is 0 Å². The molecule has 11 nitrogen and oxygen atoms in total.